The largest absolute Gasteiger partial charge is 0.392 e. The number of hydrogen-bond donors (Lipinski definition) is 2. The first kappa shape index (κ1) is 16.5. The van der Waals surface area contributed by atoms with E-state index in [1.54, 1.807) is 18.2 Å². The van der Waals surface area contributed by atoms with Crippen LogP contribution in [0.1, 0.15) is 50.7 Å². The van der Waals surface area contributed by atoms with Crippen LogP contribution in [0.15, 0.2) is 23.1 Å². The third-order valence-corrected chi connectivity index (χ3v) is 5.97. The predicted octanol–water partition coefficient (Wildman–Crippen LogP) is 2.60. The zero-order valence-electron chi connectivity index (χ0n) is 12.9. The molecule has 21 heavy (non-hydrogen) atoms. The van der Waals surface area contributed by atoms with E-state index < -0.39 is 10.0 Å². The molecule has 118 valence electrons. The molecule has 0 aromatic heterocycles. The summed E-state index contributed by atoms with van der Waals surface area (Å²) in [6, 6.07) is 5.14. The molecule has 0 saturated heterocycles. The molecule has 0 heterocycles. The molecule has 1 fully saturated rings. The zero-order valence-corrected chi connectivity index (χ0v) is 13.7. The third-order valence-electron chi connectivity index (χ3n) is 4.48. The highest BCUT2D eigenvalue weighted by Gasteiger charge is 2.30. The number of aryl methyl sites for hydroxylation is 1. The van der Waals surface area contributed by atoms with Gasteiger partial charge in [-0.1, -0.05) is 38.8 Å². The fraction of sp³-hybridized carbons (Fsp3) is 0.625. The molecule has 1 aliphatic rings. The van der Waals surface area contributed by atoms with Crippen LogP contribution in [0.25, 0.3) is 0 Å². The van der Waals surface area contributed by atoms with Crippen molar-refractivity contribution >= 4 is 10.0 Å². The summed E-state index contributed by atoms with van der Waals surface area (Å²) in [6.45, 7) is 4.42. The quantitative estimate of drug-likeness (QED) is 0.848. The minimum absolute atomic E-state index is 0.0774. The highest BCUT2D eigenvalue weighted by atomic mass is 32.2. The molecule has 1 saturated carbocycles. The highest BCUT2D eigenvalue weighted by Crippen LogP contribution is 2.37. The molecule has 0 radical (unpaired) electrons. The summed E-state index contributed by atoms with van der Waals surface area (Å²) < 4.78 is 27.9. The predicted molar refractivity (Wildman–Crippen MR) is 83.5 cm³/mol. The number of sulfonamides is 1. The van der Waals surface area contributed by atoms with E-state index in [9.17, 15) is 13.5 Å². The average molecular weight is 311 g/mol. The van der Waals surface area contributed by atoms with Crippen molar-refractivity contribution in [2.45, 2.75) is 57.5 Å². The Balaban J connectivity index is 2.22. The van der Waals surface area contributed by atoms with Gasteiger partial charge in [-0.15, -0.1) is 0 Å². The molecule has 0 spiro atoms. The van der Waals surface area contributed by atoms with Crippen molar-refractivity contribution < 1.29 is 13.5 Å². The van der Waals surface area contributed by atoms with Gasteiger partial charge in [0, 0.05) is 6.54 Å². The van der Waals surface area contributed by atoms with Crippen molar-refractivity contribution in [2.75, 3.05) is 6.54 Å². The van der Waals surface area contributed by atoms with Crippen molar-refractivity contribution in [3.8, 4) is 0 Å². The smallest absolute Gasteiger partial charge is 0.240 e. The number of nitrogens with one attached hydrogen (secondary N) is 1. The van der Waals surface area contributed by atoms with E-state index in [1.165, 1.54) is 12.8 Å². The number of rotatable bonds is 6. The monoisotopic (exact) mass is 311 g/mol. The van der Waals surface area contributed by atoms with Gasteiger partial charge in [-0.2, -0.15) is 0 Å². The van der Waals surface area contributed by atoms with Crippen LogP contribution in [-0.2, 0) is 23.1 Å². The average Bonchev–Trinajstić information content (AvgIpc) is 2.92. The highest BCUT2D eigenvalue weighted by molar-refractivity contribution is 7.89. The summed E-state index contributed by atoms with van der Waals surface area (Å²) in [4.78, 5) is 0.304. The minimum atomic E-state index is -3.52. The second kappa shape index (κ2) is 6.46. The van der Waals surface area contributed by atoms with Crippen molar-refractivity contribution in [1.29, 1.82) is 0 Å². The third kappa shape index (κ3) is 3.84. The number of aliphatic hydroxyl groups excluding tert-OH is 1. The first-order valence-electron chi connectivity index (χ1n) is 7.62. The van der Waals surface area contributed by atoms with E-state index in [2.05, 4.69) is 11.6 Å². The van der Waals surface area contributed by atoms with E-state index >= 15 is 0 Å². The zero-order chi connectivity index (χ0) is 15.5. The molecule has 0 amide bonds. The summed E-state index contributed by atoms with van der Waals surface area (Å²) in [7, 11) is -3.52. The Bertz CT molecular complexity index is 590. The van der Waals surface area contributed by atoms with Gasteiger partial charge < -0.3 is 5.11 Å². The molecule has 0 unspecified atom stereocenters. The maximum Gasteiger partial charge on any atom is 0.240 e. The van der Waals surface area contributed by atoms with Gasteiger partial charge in [-0.3, -0.25) is 0 Å². The molecule has 1 aliphatic carbocycles. The Morgan fingerprint density at radius 2 is 1.95 bits per heavy atom. The van der Waals surface area contributed by atoms with E-state index in [1.807, 2.05) is 6.92 Å². The maximum absolute atomic E-state index is 12.6. The Labute approximate surface area is 127 Å². The first-order valence-corrected chi connectivity index (χ1v) is 9.11. The van der Waals surface area contributed by atoms with Crippen molar-refractivity contribution in [3.05, 3.63) is 29.3 Å². The fourth-order valence-corrected chi connectivity index (χ4v) is 4.55. The van der Waals surface area contributed by atoms with Gasteiger partial charge in [0.2, 0.25) is 10.0 Å². The Morgan fingerprint density at radius 3 is 2.52 bits per heavy atom. The summed E-state index contributed by atoms with van der Waals surface area (Å²) in [6.07, 6.45) is 5.16. The van der Waals surface area contributed by atoms with Gasteiger partial charge in [0.15, 0.2) is 0 Å². The molecule has 2 N–H and O–H groups in total. The van der Waals surface area contributed by atoms with Crippen LogP contribution in [0.4, 0.5) is 0 Å². The molecule has 0 atom stereocenters. The van der Waals surface area contributed by atoms with Gasteiger partial charge >= 0.3 is 0 Å². The molecule has 2 rings (SSSR count). The molecular formula is C16H25NO3S. The van der Waals surface area contributed by atoms with E-state index in [0.29, 0.717) is 23.4 Å². The topological polar surface area (TPSA) is 66.4 Å². The maximum atomic E-state index is 12.6. The van der Waals surface area contributed by atoms with Crippen LogP contribution in [0.5, 0.6) is 0 Å². The second-order valence-corrected chi connectivity index (χ2v) is 8.03. The molecule has 4 nitrogen and oxygen atoms in total. The Hall–Kier alpha value is -0.910. The fourth-order valence-electron chi connectivity index (χ4n) is 2.99. The van der Waals surface area contributed by atoms with Crippen molar-refractivity contribution in [2.24, 2.45) is 5.41 Å². The molecule has 1 aromatic carbocycles. The summed E-state index contributed by atoms with van der Waals surface area (Å²) in [5, 5.41) is 9.22. The van der Waals surface area contributed by atoms with Gasteiger partial charge in [-0.25, -0.2) is 13.1 Å². The van der Waals surface area contributed by atoms with Crippen LogP contribution in [0.2, 0.25) is 0 Å². The van der Waals surface area contributed by atoms with Crippen LogP contribution in [-0.4, -0.2) is 20.1 Å². The summed E-state index contributed by atoms with van der Waals surface area (Å²) in [5.74, 6) is 0. The lowest BCUT2D eigenvalue weighted by molar-refractivity contribution is 0.281. The minimum Gasteiger partial charge on any atom is -0.392 e. The lowest BCUT2D eigenvalue weighted by atomic mass is 9.89. The molecule has 0 aliphatic heterocycles. The van der Waals surface area contributed by atoms with Gasteiger partial charge in [0.1, 0.15) is 0 Å². The van der Waals surface area contributed by atoms with Gasteiger partial charge in [0.05, 0.1) is 11.5 Å². The number of benzene rings is 1. The Morgan fingerprint density at radius 1 is 1.29 bits per heavy atom. The van der Waals surface area contributed by atoms with E-state index in [0.717, 1.165) is 18.4 Å². The van der Waals surface area contributed by atoms with Gasteiger partial charge in [-0.05, 0) is 41.9 Å². The van der Waals surface area contributed by atoms with Crippen LogP contribution >= 0.6 is 0 Å². The lowest BCUT2D eigenvalue weighted by Crippen LogP contribution is -2.34. The summed E-state index contributed by atoms with van der Waals surface area (Å²) >= 11 is 0. The van der Waals surface area contributed by atoms with Crippen LogP contribution in [0, 0.1) is 5.41 Å². The molecule has 5 heteroatoms. The van der Waals surface area contributed by atoms with Crippen molar-refractivity contribution in [3.63, 3.8) is 0 Å². The molecule has 1 aromatic rings. The first-order chi connectivity index (χ1) is 9.90. The van der Waals surface area contributed by atoms with E-state index in [-0.39, 0.29) is 12.0 Å². The lowest BCUT2D eigenvalue weighted by Gasteiger charge is -2.24. The molecule has 0 bridgehead atoms. The second-order valence-electron chi connectivity index (χ2n) is 6.30. The number of hydrogen-bond acceptors (Lipinski definition) is 3. The SMILES string of the molecule is CCc1ccc(CO)cc1S(=O)(=O)NCC1(C)CCCC1. The Kier molecular flexibility index (Phi) is 5.07. The standard InChI is InChI=1S/C16H25NO3S/c1-3-14-7-6-13(11-18)10-15(14)21(19,20)17-12-16(2)8-4-5-9-16/h6-7,10,17-18H,3-5,8-9,11-12H2,1-2H3. The van der Waals surface area contributed by atoms with Gasteiger partial charge in [0.25, 0.3) is 0 Å². The normalized spacial score (nSPS) is 18.0. The summed E-state index contributed by atoms with van der Waals surface area (Å²) in [5.41, 5.74) is 1.49. The van der Waals surface area contributed by atoms with E-state index in [4.69, 9.17) is 0 Å². The van der Waals surface area contributed by atoms with Crippen molar-refractivity contribution in [1.82, 2.24) is 4.72 Å². The van der Waals surface area contributed by atoms with Crippen LogP contribution in [0.3, 0.4) is 0 Å². The van der Waals surface area contributed by atoms with Crippen LogP contribution < -0.4 is 4.72 Å². The number of aliphatic hydroxyl groups is 1. The molecular weight excluding hydrogens is 286 g/mol.